The predicted molar refractivity (Wildman–Crippen MR) is 252 cm³/mol. The van der Waals surface area contributed by atoms with Crippen LogP contribution in [0.3, 0.4) is 0 Å². The first-order chi connectivity index (χ1) is 32.3. The Kier molecular flexibility index (Phi) is 11.7. The molecule has 10 nitrogen and oxygen atoms in total. The molecule has 18 atom stereocenters. The average Bonchev–Trinajstić information content (AvgIpc) is 4.04. The van der Waals surface area contributed by atoms with Gasteiger partial charge in [-0.3, -0.25) is 0 Å². The number of carbonyl (C=O) groups excluding carboxylic acids is 2. The van der Waals surface area contributed by atoms with E-state index in [2.05, 4.69) is 36.2 Å². The molecule has 1 heterocycles. The van der Waals surface area contributed by atoms with Gasteiger partial charge < -0.3 is 45.5 Å². The predicted octanol–water partition coefficient (Wildman–Crippen LogP) is 6.49. The van der Waals surface area contributed by atoms with Crippen LogP contribution in [0, 0.1) is 87.3 Å². The molecule has 0 amide bonds. The molecule has 364 valence electrons. The highest BCUT2D eigenvalue weighted by molar-refractivity contribution is 5.87. The number of aliphatic hydroxyl groups is 6. The van der Waals surface area contributed by atoms with Crippen LogP contribution in [-0.2, 0) is 27.4 Å². The van der Waals surface area contributed by atoms with Crippen LogP contribution >= 0.6 is 0 Å². The Morgan fingerprint density at radius 1 is 0.955 bits per heavy atom. The molecule has 7 N–H and O–H groups in total. The number of aldehydes is 1. The maximum atomic E-state index is 14.8. The van der Waals surface area contributed by atoms with E-state index in [1.807, 2.05) is 25.2 Å². The van der Waals surface area contributed by atoms with Crippen molar-refractivity contribution in [2.24, 2.45) is 75.4 Å². The van der Waals surface area contributed by atoms with Gasteiger partial charge in [0.1, 0.15) is 18.0 Å². The Balaban J connectivity index is 1.10. The number of unbranched alkanes of at least 4 members (excludes halogenated alkanes) is 2. The lowest BCUT2D eigenvalue weighted by Crippen LogP contribution is -2.82. The summed E-state index contributed by atoms with van der Waals surface area (Å²) in [5.74, 6) is 4.98. The monoisotopic (exact) mass is 920 g/mol. The Hall–Kier alpha value is -2.88. The van der Waals surface area contributed by atoms with Crippen molar-refractivity contribution in [3.8, 4) is 11.8 Å². The zero-order valence-electron chi connectivity index (χ0n) is 40.0. The summed E-state index contributed by atoms with van der Waals surface area (Å²) in [5, 5.41) is 82.5. The second kappa shape index (κ2) is 16.9. The third-order valence-corrected chi connectivity index (χ3v) is 22.2. The molecule has 7 saturated carbocycles. The van der Waals surface area contributed by atoms with Gasteiger partial charge in [-0.25, -0.2) is 4.79 Å². The quantitative estimate of drug-likeness (QED) is 0.0477. The second-order valence-electron chi connectivity index (χ2n) is 24.0. The largest absolute Gasteiger partial charge is 0.454 e. The van der Waals surface area contributed by atoms with Gasteiger partial charge in [-0.15, -0.1) is 0 Å². The minimum Gasteiger partial charge on any atom is -0.454 e. The molecule has 1 aromatic rings. The molecule has 0 saturated heterocycles. The molecule has 7 fully saturated rings. The van der Waals surface area contributed by atoms with Crippen molar-refractivity contribution in [1.82, 2.24) is 5.32 Å². The van der Waals surface area contributed by atoms with E-state index in [1.54, 1.807) is 6.08 Å². The summed E-state index contributed by atoms with van der Waals surface area (Å²) < 4.78 is 6.34. The van der Waals surface area contributed by atoms with Crippen LogP contribution in [0.15, 0.2) is 42.0 Å². The van der Waals surface area contributed by atoms with Gasteiger partial charge in [0, 0.05) is 52.7 Å². The molecule has 10 aliphatic rings. The molecule has 9 aliphatic carbocycles. The van der Waals surface area contributed by atoms with E-state index < -0.39 is 69.0 Å². The minimum absolute atomic E-state index is 0.0910. The summed E-state index contributed by atoms with van der Waals surface area (Å²) in [4.78, 5) is 28.6. The Morgan fingerprint density at radius 2 is 1.76 bits per heavy atom. The smallest absolute Gasteiger partial charge is 0.331 e. The summed E-state index contributed by atoms with van der Waals surface area (Å²) in [5.41, 5.74) is -5.80. The lowest BCUT2D eigenvalue weighted by atomic mass is 9.34. The van der Waals surface area contributed by atoms with Gasteiger partial charge >= 0.3 is 5.97 Å². The van der Waals surface area contributed by atoms with E-state index in [4.69, 9.17) is 4.74 Å². The number of aliphatic hydroxyl groups excluding tert-OH is 3. The van der Waals surface area contributed by atoms with Crippen molar-refractivity contribution in [2.75, 3.05) is 13.7 Å². The van der Waals surface area contributed by atoms with Crippen LogP contribution in [0.5, 0.6) is 0 Å². The summed E-state index contributed by atoms with van der Waals surface area (Å²) in [6, 6.07) is 5.60. The SMILES string of the molecule is CCCCC[C@@H]1C[C@]2(C=O)[C@H]3CC[C@@]45CCC#Cc6cccc(CO)c6C[C@H](NC)[C@@H]6C[C@@H](C[C@]4(O)[C@]3(O)C[C@H]3C[C@H]4[C@H](C=CC[C@H]4C4CCCC4)C[C@H]([C@H]1O)[C@@]32O)[C@]5(CO)C1=CC(=O)O[C@H]16. The maximum Gasteiger partial charge on any atom is 0.331 e. The number of carbonyl (C=O) groups is 2. The highest BCUT2D eigenvalue weighted by Crippen LogP contribution is 2.81. The molecule has 1 spiro atoms. The van der Waals surface area contributed by atoms with Gasteiger partial charge in [-0.1, -0.05) is 88.0 Å². The van der Waals surface area contributed by atoms with Gasteiger partial charge in [-0.05, 0) is 148 Å². The van der Waals surface area contributed by atoms with Crippen molar-refractivity contribution in [1.29, 1.82) is 0 Å². The van der Waals surface area contributed by atoms with Crippen molar-refractivity contribution >= 4 is 12.3 Å². The Bertz CT molecular complexity index is 2240. The van der Waals surface area contributed by atoms with Gasteiger partial charge in [0.15, 0.2) is 0 Å². The lowest BCUT2D eigenvalue weighted by molar-refractivity contribution is -0.352. The van der Waals surface area contributed by atoms with Crippen molar-refractivity contribution in [3.05, 3.63) is 58.7 Å². The van der Waals surface area contributed by atoms with Crippen LogP contribution in [-0.4, -0.2) is 91.6 Å². The van der Waals surface area contributed by atoms with E-state index in [-0.39, 0.29) is 68.1 Å². The molecule has 4 bridgehead atoms. The third kappa shape index (κ3) is 6.13. The number of hydrogen-bond acceptors (Lipinski definition) is 10. The summed E-state index contributed by atoms with van der Waals surface area (Å²) >= 11 is 0. The number of likely N-dealkylation sites (N-methyl/N-ethyl adjacent to an activating group) is 1. The fourth-order valence-corrected chi connectivity index (χ4v) is 19.6. The average molecular weight is 920 g/mol. The number of allylic oxidation sites excluding steroid dienone is 2. The highest BCUT2D eigenvalue weighted by Gasteiger charge is 2.86. The fraction of sp³-hybridized carbons (Fsp3) is 0.754. The zero-order chi connectivity index (χ0) is 46.7. The van der Waals surface area contributed by atoms with E-state index >= 15 is 0 Å². The van der Waals surface area contributed by atoms with Crippen LogP contribution in [0.25, 0.3) is 0 Å². The number of fused-ring (bicyclic) bond motifs is 8. The Labute approximate surface area is 397 Å². The van der Waals surface area contributed by atoms with Crippen LogP contribution in [0.2, 0.25) is 0 Å². The maximum absolute atomic E-state index is 14.8. The van der Waals surface area contributed by atoms with Gasteiger partial charge in [0.25, 0.3) is 0 Å². The molecule has 11 rings (SSSR count). The molecule has 1 aliphatic heterocycles. The van der Waals surface area contributed by atoms with E-state index in [9.17, 15) is 40.2 Å². The first-order valence-electron chi connectivity index (χ1n) is 26.7. The molecule has 67 heavy (non-hydrogen) atoms. The van der Waals surface area contributed by atoms with Crippen molar-refractivity contribution in [2.45, 2.75) is 177 Å². The topological polar surface area (TPSA) is 177 Å². The van der Waals surface area contributed by atoms with E-state index in [0.29, 0.717) is 68.8 Å². The van der Waals surface area contributed by atoms with Gasteiger partial charge in [0.05, 0.1) is 35.9 Å². The summed E-state index contributed by atoms with van der Waals surface area (Å²) in [6.45, 7) is 1.68. The van der Waals surface area contributed by atoms with Crippen molar-refractivity contribution < 1.29 is 45.0 Å². The second-order valence-corrected chi connectivity index (χ2v) is 24.0. The number of hydrogen-bond donors (Lipinski definition) is 7. The van der Waals surface area contributed by atoms with Crippen LogP contribution in [0.1, 0.15) is 146 Å². The van der Waals surface area contributed by atoms with Gasteiger partial charge in [0.2, 0.25) is 0 Å². The van der Waals surface area contributed by atoms with Crippen LogP contribution < -0.4 is 5.32 Å². The summed E-state index contributed by atoms with van der Waals surface area (Å²) in [7, 11) is 1.91. The van der Waals surface area contributed by atoms with Gasteiger partial charge in [-0.2, -0.15) is 0 Å². The molecular formula is C57H77NO9. The molecule has 0 radical (unpaired) electrons. The molecular weight excluding hydrogens is 843 g/mol. The first-order valence-corrected chi connectivity index (χ1v) is 26.7. The fourth-order valence-electron chi connectivity index (χ4n) is 19.6. The van der Waals surface area contributed by atoms with Crippen molar-refractivity contribution in [3.63, 3.8) is 0 Å². The number of benzene rings is 1. The molecule has 0 aromatic heterocycles. The minimum atomic E-state index is -1.86. The van der Waals surface area contributed by atoms with E-state index in [1.165, 1.54) is 25.7 Å². The lowest BCUT2D eigenvalue weighted by Gasteiger charge is -2.73. The van der Waals surface area contributed by atoms with Crippen LogP contribution in [0.4, 0.5) is 0 Å². The third-order valence-electron chi connectivity index (χ3n) is 22.2. The number of rotatable bonds is 9. The number of ether oxygens (including phenoxy) is 1. The first kappa shape index (κ1) is 46.5. The molecule has 0 unspecified atom stereocenters. The molecule has 1 aromatic carbocycles. The standard InChI is InChI=1S/C57H77NO9/c1-3-4-5-15-37-28-52(32-60)48-20-22-53-21-9-8-14-35-16-10-18-38(31-59)42(35)26-47(58-2)44-24-39(54(53,33-61)46-27-49(62)67-51(44)46)30-56(53,65)55(48,64)29-40-25-43-36(23-45(50(37)63)57(40,52)66)17-11-19-41(43)34-12-6-7-13-34/h10-11,16-18,27,32,34,36-37,39-41,43-45,47-48,50-51,58-59,61,63-66H,3-7,9,12-13,15,19-26,28-31,33H2,1-2H3/t36-,37-,39+,40-,41+,43+,44+,45-,47+,48-,50+,51+,52+,53-,54-,55+,56-,57+/m1/s1. The Morgan fingerprint density at radius 3 is 2.51 bits per heavy atom. The summed E-state index contributed by atoms with van der Waals surface area (Å²) in [6.07, 6.45) is 19.3. The highest BCUT2D eigenvalue weighted by atomic mass is 16.5. The number of esters is 1. The number of nitrogens with one attached hydrogen (secondary N) is 1. The zero-order valence-corrected chi connectivity index (χ0v) is 40.0. The van der Waals surface area contributed by atoms with E-state index in [0.717, 1.165) is 55.1 Å². The molecule has 10 heteroatoms. The normalized spacial score (nSPS) is 48.3.